The SMILES string of the molecule is CC(Nc1ccccc1C(=O)O)c1cc(F)cc2c(=O)cc(-c3ccccc3)oc12. The van der Waals surface area contributed by atoms with Crippen LogP contribution < -0.4 is 10.7 Å². The number of nitrogens with one attached hydrogen (secondary N) is 1. The third-order valence-electron chi connectivity index (χ3n) is 4.88. The summed E-state index contributed by atoms with van der Waals surface area (Å²) in [7, 11) is 0. The van der Waals surface area contributed by atoms with Gasteiger partial charge in [0.25, 0.3) is 0 Å². The minimum absolute atomic E-state index is 0.0940. The van der Waals surface area contributed by atoms with Crippen LogP contribution in [-0.4, -0.2) is 11.1 Å². The van der Waals surface area contributed by atoms with Crippen molar-refractivity contribution in [1.29, 1.82) is 0 Å². The van der Waals surface area contributed by atoms with Crippen molar-refractivity contribution in [2.45, 2.75) is 13.0 Å². The number of hydrogen-bond donors (Lipinski definition) is 2. The van der Waals surface area contributed by atoms with Gasteiger partial charge in [0.1, 0.15) is 17.2 Å². The first-order valence-electron chi connectivity index (χ1n) is 9.35. The second-order valence-electron chi connectivity index (χ2n) is 6.93. The van der Waals surface area contributed by atoms with Crippen LogP contribution in [0.4, 0.5) is 10.1 Å². The second-order valence-corrected chi connectivity index (χ2v) is 6.93. The van der Waals surface area contributed by atoms with Crippen molar-refractivity contribution in [3.8, 4) is 11.3 Å². The lowest BCUT2D eigenvalue weighted by Crippen LogP contribution is -2.12. The molecule has 0 aliphatic carbocycles. The fourth-order valence-electron chi connectivity index (χ4n) is 3.42. The molecule has 0 bridgehead atoms. The highest BCUT2D eigenvalue weighted by atomic mass is 19.1. The predicted octanol–water partition coefficient (Wildman–Crippen LogP) is 5.47. The van der Waals surface area contributed by atoms with E-state index in [4.69, 9.17) is 4.42 Å². The van der Waals surface area contributed by atoms with E-state index in [-0.39, 0.29) is 22.0 Å². The van der Waals surface area contributed by atoms with Crippen molar-refractivity contribution in [2.75, 3.05) is 5.32 Å². The van der Waals surface area contributed by atoms with Gasteiger partial charge in [0.2, 0.25) is 0 Å². The smallest absolute Gasteiger partial charge is 0.337 e. The Morgan fingerprint density at radius 1 is 1.03 bits per heavy atom. The van der Waals surface area contributed by atoms with E-state index < -0.39 is 17.8 Å². The van der Waals surface area contributed by atoms with Gasteiger partial charge in [-0.25, -0.2) is 9.18 Å². The van der Waals surface area contributed by atoms with Crippen LogP contribution in [0.25, 0.3) is 22.3 Å². The first-order valence-corrected chi connectivity index (χ1v) is 9.35. The van der Waals surface area contributed by atoms with Gasteiger partial charge in [-0.2, -0.15) is 0 Å². The van der Waals surface area contributed by atoms with E-state index in [0.717, 1.165) is 11.6 Å². The van der Waals surface area contributed by atoms with Crippen LogP contribution in [0.5, 0.6) is 0 Å². The molecular formula is C24H18FNO4. The van der Waals surface area contributed by atoms with E-state index in [1.165, 1.54) is 18.2 Å². The van der Waals surface area contributed by atoms with E-state index in [1.54, 1.807) is 25.1 Å². The van der Waals surface area contributed by atoms with E-state index in [2.05, 4.69) is 5.32 Å². The molecule has 1 unspecified atom stereocenters. The molecule has 6 heteroatoms. The molecule has 1 aromatic heterocycles. The molecule has 0 saturated heterocycles. The summed E-state index contributed by atoms with van der Waals surface area (Å²) in [6.45, 7) is 1.75. The number of hydrogen-bond acceptors (Lipinski definition) is 4. The number of fused-ring (bicyclic) bond motifs is 1. The van der Waals surface area contributed by atoms with Crippen molar-refractivity contribution in [3.05, 3.63) is 100.0 Å². The van der Waals surface area contributed by atoms with E-state index in [0.29, 0.717) is 17.0 Å². The first kappa shape index (κ1) is 19.4. The van der Waals surface area contributed by atoms with Crippen molar-refractivity contribution in [1.82, 2.24) is 0 Å². The number of anilines is 1. The third-order valence-corrected chi connectivity index (χ3v) is 4.88. The van der Waals surface area contributed by atoms with Crippen LogP contribution in [0.2, 0.25) is 0 Å². The zero-order valence-electron chi connectivity index (χ0n) is 16.1. The number of carbonyl (C=O) groups is 1. The van der Waals surface area contributed by atoms with Crippen LogP contribution in [0, 0.1) is 5.82 Å². The molecule has 0 amide bonds. The molecule has 0 fully saturated rings. The lowest BCUT2D eigenvalue weighted by molar-refractivity contribution is 0.0698. The Morgan fingerprint density at radius 2 is 1.73 bits per heavy atom. The van der Waals surface area contributed by atoms with Crippen molar-refractivity contribution in [2.24, 2.45) is 0 Å². The molecule has 4 rings (SSSR count). The average Bonchev–Trinajstić information content (AvgIpc) is 2.74. The highest BCUT2D eigenvalue weighted by molar-refractivity contribution is 5.94. The van der Waals surface area contributed by atoms with Crippen molar-refractivity contribution in [3.63, 3.8) is 0 Å². The summed E-state index contributed by atoms with van der Waals surface area (Å²) in [6, 6.07) is 18.9. The molecule has 0 saturated carbocycles. The Bertz CT molecular complexity index is 1300. The Kier molecular flexibility index (Phi) is 5.06. The van der Waals surface area contributed by atoms with Crippen LogP contribution in [0.15, 0.2) is 82.0 Å². The summed E-state index contributed by atoms with van der Waals surface area (Å²) in [5.74, 6) is -1.27. The molecule has 2 N–H and O–H groups in total. The molecule has 0 radical (unpaired) electrons. The first-order chi connectivity index (χ1) is 14.4. The molecule has 30 heavy (non-hydrogen) atoms. The van der Waals surface area contributed by atoms with Crippen LogP contribution >= 0.6 is 0 Å². The van der Waals surface area contributed by atoms with E-state index >= 15 is 0 Å². The highest BCUT2D eigenvalue weighted by Gasteiger charge is 2.19. The summed E-state index contributed by atoms with van der Waals surface area (Å²) >= 11 is 0. The fraction of sp³-hybridized carbons (Fsp3) is 0.0833. The van der Waals surface area contributed by atoms with Crippen LogP contribution in [-0.2, 0) is 0 Å². The van der Waals surface area contributed by atoms with Gasteiger partial charge < -0.3 is 14.8 Å². The summed E-state index contributed by atoms with van der Waals surface area (Å²) in [5, 5.41) is 12.6. The minimum Gasteiger partial charge on any atom is -0.478 e. The molecule has 150 valence electrons. The van der Waals surface area contributed by atoms with Gasteiger partial charge >= 0.3 is 5.97 Å². The fourth-order valence-corrected chi connectivity index (χ4v) is 3.42. The number of aromatic carboxylic acids is 1. The molecule has 0 aliphatic rings. The molecule has 0 spiro atoms. The highest BCUT2D eigenvalue weighted by Crippen LogP contribution is 2.31. The largest absolute Gasteiger partial charge is 0.478 e. The quantitative estimate of drug-likeness (QED) is 0.462. The maximum Gasteiger partial charge on any atom is 0.337 e. The summed E-state index contributed by atoms with van der Waals surface area (Å²) < 4.78 is 20.3. The monoisotopic (exact) mass is 403 g/mol. The Labute approximate surface area is 171 Å². The second kappa shape index (κ2) is 7.83. The molecule has 3 aromatic carbocycles. The maximum absolute atomic E-state index is 14.3. The maximum atomic E-state index is 14.3. The van der Waals surface area contributed by atoms with Gasteiger partial charge in [-0.1, -0.05) is 42.5 Å². The third kappa shape index (κ3) is 3.67. The lowest BCUT2D eigenvalue weighted by Gasteiger charge is -2.19. The van der Waals surface area contributed by atoms with Crippen LogP contribution in [0.3, 0.4) is 0 Å². The van der Waals surface area contributed by atoms with Gasteiger partial charge in [0.05, 0.1) is 17.0 Å². The molecular weight excluding hydrogens is 385 g/mol. The molecule has 1 atom stereocenters. The number of benzene rings is 3. The molecule has 5 nitrogen and oxygen atoms in total. The Balaban J connectivity index is 1.85. The van der Waals surface area contributed by atoms with Gasteiger partial charge in [-0.05, 0) is 31.2 Å². The standard InChI is InChI=1S/C24H18FNO4/c1-14(26-20-10-6-5-9-17(20)24(28)29)18-11-16(25)12-19-21(27)13-22(30-23(18)19)15-7-3-2-4-8-15/h2-14,26H,1H3,(H,28,29). The topological polar surface area (TPSA) is 79.5 Å². The number of carboxylic acids is 1. The minimum atomic E-state index is -1.08. The van der Waals surface area contributed by atoms with E-state index in [9.17, 15) is 19.1 Å². The van der Waals surface area contributed by atoms with E-state index in [1.807, 2.05) is 30.3 Å². The van der Waals surface area contributed by atoms with Gasteiger partial charge in [-0.15, -0.1) is 0 Å². The summed E-state index contributed by atoms with van der Waals surface area (Å²) in [5.41, 5.74) is 1.53. The lowest BCUT2D eigenvalue weighted by atomic mass is 10.0. The molecule has 1 heterocycles. The van der Waals surface area contributed by atoms with Gasteiger partial charge in [0, 0.05) is 22.9 Å². The summed E-state index contributed by atoms with van der Waals surface area (Å²) in [6.07, 6.45) is 0. The number of para-hydroxylation sites is 1. The predicted molar refractivity (Wildman–Crippen MR) is 113 cm³/mol. The number of carboxylic acid groups (broad SMARTS) is 1. The van der Waals surface area contributed by atoms with Gasteiger partial charge in [-0.3, -0.25) is 4.79 Å². The zero-order chi connectivity index (χ0) is 21.3. The zero-order valence-corrected chi connectivity index (χ0v) is 16.1. The molecule has 0 aliphatic heterocycles. The average molecular weight is 403 g/mol. The summed E-state index contributed by atoms with van der Waals surface area (Å²) in [4.78, 5) is 24.2. The molecule has 4 aromatic rings. The van der Waals surface area contributed by atoms with Gasteiger partial charge in [0.15, 0.2) is 5.43 Å². The van der Waals surface area contributed by atoms with Crippen molar-refractivity contribution >= 4 is 22.6 Å². The Morgan fingerprint density at radius 3 is 2.47 bits per heavy atom. The number of halogens is 1. The normalized spacial score (nSPS) is 11.9. The number of rotatable bonds is 5. The van der Waals surface area contributed by atoms with Crippen LogP contribution in [0.1, 0.15) is 28.9 Å². The Hall–Kier alpha value is -3.93. The van der Waals surface area contributed by atoms with Crippen molar-refractivity contribution < 1.29 is 18.7 Å².